The van der Waals surface area contributed by atoms with Crippen LogP contribution >= 0.6 is 67.8 Å². The molecule has 2 aromatic rings. The fraction of sp³-hybridized carbons (Fsp3) is 0.214. The van der Waals surface area contributed by atoms with Crippen LogP contribution in [0.4, 0.5) is 0 Å². The van der Waals surface area contributed by atoms with E-state index in [0.29, 0.717) is 6.61 Å². The second-order valence-corrected chi connectivity index (χ2v) is 7.66. The van der Waals surface area contributed by atoms with Crippen LogP contribution in [0.5, 0.6) is 5.75 Å². The van der Waals surface area contributed by atoms with Gasteiger partial charge in [0.2, 0.25) is 0 Å². The molecule has 0 atom stereocenters. The summed E-state index contributed by atoms with van der Waals surface area (Å²) in [6.07, 6.45) is 3.66. The van der Waals surface area contributed by atoms with Crippen LogP contribution in [-0.4, -0.2) is 18.1 Å². The zero-order chi connectivity index (χ0) is 14.4. The molecule has 1 aromatic carbocycles. The highest BCUT2D eigenvalue weighted by atomic mass is 127. The Bertz CT molecular complexity index is 541. The van der Waals surface area contributed by atoms with Crippen molar-refractivity contribution in [2.24, 2.45) is 0 Å². The lowest BCUT2D eigenvalue weighted by molar-refractivity contribution is 0.309. The normalized spacial score (nSPS) is 10.6. The lowest BCUT2D eigenvalue weighted by Crippen LogP contribution is -2.21. The zero-order valence-corrected chi connectivity index (χ0v) is 17.0. The molecule has 0 aliphatic carbocycles. The Hall–Kier alpha value is 0.320. The summed E-state index contributed by atoms with van der Waals surface area (Å²) < 4.78 is 9.42. The molecule has 0 bridgehead atoms. The summed E-state index contributed by atoms with van der Waals surface area (Å²) in [5.74, 6) is 0.981. The van der Waals surface area contributed by atoms with Gasteiger partial charge < -0.3 is 10.1 Å². The topological polar surface area (TPSA) is 34.1 Å². The van der Waals surface area contributed by atoms with Crippen molar-refractivity contribution in [3.05, 3.63) is 52.9 Å². The average molecular weight is 606 g/mol. The second kappa shape index (κ2) is 8.69. The van der Waals surface area contributed by atoms with Gasteiger partial charge in [0.25, 0.3) is 0 Å². The maximum Gasteiger partial charge on any atom is 0.146 e. The number of benzene rings is 1. The number of hydrogen-bond donors (Lipinski definition) is 1. The number of nitrogens with one attached hydrogen (secondary N) is 1. The highest BCUT2D eigenvalue weighted by Gasteiger charge is 2.07. The lowest BCUT2D eigenvalue weighted by atomic mass is 10.3. The number of ether oxygens (including phenoxy) is 1. The van der Waals surface area contributed by atoms with Crippen LogP contribution in [0.3, 0.4) is 0 Å². The van der Waals surface area contributed by atoms with Gasteiger partial charge in [-0.3, -0.25) is 4.98 Å². The van der Waals surface area contributed by atoms with Crippen molar-refractivity contribution in [3.63, 3.8) is 0 Å². The van der Waals surface area contributed by atoms with Crippen LogP contribution in [-0.2, 0) is 6.54 Å². The van der Waals surface area contributed by atoms with Crippen LogP contribution < -0.4 is 10.1 Å². The standard InChI is InChI=1S/C14H13I3N2O/c15-11-6-12(16)14(13(17)7-11)20-5-4-19-9-10-2-1-3-18-8-10/h1-3,6-8,19H,4-5,9H2. The Morgan fingerprint density at radius 1 is 1.15 bits per heavy atom. The molecule has 0 aliphatic heterocycles. The van der Waals surface area contributed by atoms with Crippen LogP contribution in [0.15, 0.2) is 36.7 Å². The Labute approximate surface area is 159 Å². The highest BCUT2D eigenvalue weighted by Crippen LogP contribution is 2.29. The molecule has 3 nitrogen and oxygen atoms in total. The molecule has 0 aliphatic rings. The number of aromatic nitrogens is 1. The molecule has 1 aromatic heterocycles. The zero-order valence-electron chi connectivity index (χ0n) is 10.6. The third-order valence-electron chi connectivity index (χ3n) is 2.54. The third kappa shape index (κ3) is 5.26. The van der Waals surface area contributed by atoms with Gasteiger partial charge in [-0.1, -0.05) is 6.07 Å². The van der Waals surface area contributed by atoms with E-state index in [1.165, 1.54) is 9.13 Å². The maximum atomic E-state index is 5.86. The largest absolute Gasteiger partial charge is 0.490 e. The summed E-state index contributed by atoms with van der Waals surface area (Å²) in [5, 5.41) is 3.35. The number of rotatable bonds is 6. The third-order valence-corrected chi connectivity index (χ3v) is 4.77. The van der Waals surface area contributed by atoms with Crippen molar-refractivity contribution in [1.82, 2.24) is 10.3 Å². The number of halogens is 3. The van der Waals surface area contributed by atoms with E-state index in [1.54, 1.807) is 6.20 Å². The Morgan fingerprint density at radius 2 is 1.90 bits per heavy atom. The van der Waals surface area contributed by atoms with Crippen LogP contribution in [0.2, 0.25) is 0 Å². The predicted octanol–water partition coefficient (Wildman–Crippen LogP) is 4.06. The van der Waals surface area contributed by atoms with Gasteiger partial charge in [0.15, 0.2) is 0 Å². The van der Waals surface area contributed by atoms with Crippen molar-refractivity contribution < 1.29 is 4.74 Å². The smallest absolute Gasteiger partial charge is 0.146 e. The van der Waals surface area contributed by atoms with Gasteiger partial charge in [-0.2, -0.15) is 0 Å². The van der Waals surface area contributed by atoms with Gasteiger partial charge >= 0.3 is 0 Å². The summed E-state index contributed by atoms with van der Waals surface area (Å²) in [5.41, 5.74) is 1.19. The van der Waals surface area contributed by atoms with Gasteiger partial charge in [0, 0.05) is 29.1 Å². The molecule has 0 spiro atoms. The minimum atomic E-state index is 0.660. The van der Waals surface area contributed by atoms with Crippen molar-refractivity contribution in [2.45, 2.75) is 6.54 Å². The van der Waals surface area contributed by atoms with E-state index in [1.807, 2.05) is 12.3 Å². The minimum Gasteiger partial charge on any atom is -0.490 e. The first-order valence-electron chi connectivity index (χ1n) is 6.04. The van der Waals surface area contributed by atoms with Gasteiger partial charge in [-0.05, 0) is 91.5 Å². The molecular formula is C14H13I3N2O. The first-order valence-corrected chi connectivity index (χ1v) is 9.27. The van der Waals surface area contributed by atoms with Crippen LogP contribution in [0, 0.1) is 10.7 Å². The van der Waals surface area contributed by atoms with Crippen LogP contribution in [0.25, 0.3) is 0 Å². The quantitative estimate of drug-likeness (QED) is 0.399. The molecule has 0 unspecified atom stereocenters. The summed E-state index contributed by atoms with van der Waals surface area (Å²) in [6.45, 7) is 2.29. The molecule has 0 amide bonds. The minimum absolute atomic E-state index is 0.660. The fourth-order valence-corrected chi connectivity index (χ4v) is 5.52. The first-order chi connectivity index (χ1) is 9.66. The Balaban J connectivity index is 1.76. The lowest BCUT2D eigenvalue weighted by Gasteiger charge is -2.11. The molecule has 106 valence electrons. The van der Waals surface area contributed by atoms with Crippen LogP contribution in [0.1, 0.15) is 5.56 Å². The number of hydrogen-bond acceptors (Lipinski definition) is 3. The molecule has 2 rings (SSSR count). The Kier molecular flexibility index (Phi) is 7.25. The van der Waals surface area contributed by atoms with Gasteiger partial charge in [-0.25, -0.2) is 0 Å². The molecule has 1 heterocycles. The number of nitrogens with zero attached hydrogens (tertiary/aromatic N) is 1. The van der Waals surface area contributed by atoms with Crippen molar-refractivity contribution >= 4 is 67.8 Å². The number of pyridine rings is 1. The van der Waals surface area contributed by atoms with E-state index >= 15 is 0 Å². The van der Waals surface area contributed by atoms with E-state index in [0.717, 1.165) is 26.0 Å². The van der Waals surface area contributed by atoms with E-state index in [-0.39, 0.29) is 0 Å². The SMILES string of the molecule is Ic1cc(I)c(OCCNCc2cccnc2)c(I)c1. The van der Waals surface area contributed by atoms with Gasteiger partial charge in [0.05, 0.1) is 7.14 Å². The fourth-order valence-electron chi connectivity index (χ4n) is 1.63. The molecule has 1 N–H and O–H groups in total. The van der Waals surface area contributed by atoms with E-state index in [4.69, 9.17) is 4.74 Å². The molecule has 0 fully saturated rings. The van der Waals surface area contributed by atoms with Crippen molar-refractivity contribution in [2.75, 3.05) is 13.2 Å². The van der Waals surface area contributed by atoms with E-state index < -0.39 is 0 Å². The Morgan fingerprint density at radius 3 is 2.55 bits per heavy atom. The maximum absolute atomic E-state index is 5.86. The molecule has 0 radical (unpaired) electrons. The van der Waals surface area contributed by atoms with E-state index in [9.17, 15) is 0 Å². The van der Waals surface area contributed by atoms with Crippen molar-refractivity contribution in [3.8, 4) is 5.75 Å². The van der Waals surface area contributed by atoms with Gasteiger partial charge in [0.1, 0.15) is 12.4 Å². The van der Waals surface area contributed by atoms with Crippen molar-refractivity contribution in [1.29, 1.82) is 0 Å². The van der Waals surface area contributed by atoms with E-state index in [2.05, 4.69) is 96.3 Å². The monoisotopic (exact) mass is 606 g/mol. The van der Waals surface area contributed by atoms with Gasteiger partial charge in [-0.15, -0.1) is 0 Å². The molecule has 0 saturated heterocycles. The molecule has 6 heteroatoms. The molecule has 0 saturated carbocycles. The highest BCUT2D eigenvalue weighted by molar-refractivity contribution is 14.1. The summed E-state index contributed by atoms with van der Waals surface area (Å²) in [7, 11) is 0. The summed E-state index contributed by atoms with van der Waals surface area (Å²) in [4.78, 5) is 4.09. The molecule has 20 heavy (non-hydrogen) atoms. The first kappa shape index (κ1) is 16.7. The average Bonchev–Trinajstić information content (AvgIpc) is 2.42. The second-order valence-electron chi connectivity index (χ2n) is 4.09. The molecular weight excluding hydrogens is 593 g/mol. The summed E-state index contributed by atoms with van der Waals surface area (Å²) in [6, 6.07) is 8.26. The predicted molar refractivity (Wildman–Crippen MR) is 106 cm³/mol. The summed E-state index contributed by atoms with van der Waals surface area (Å²) >= 11 is 6.96.